The molecule has 1 aromatic carbocycles. The molecule has 1 fully saturated rings. The number of ether oxygens (including phenoxy) is 2. The molecule has 1 heterocycles. The number of rotatable bonds is 6. The quantitative estimate of drug-likeness (QED) is 0.867. The second-order valence-electron chi connectivity index (χ2n) is 5.42. The minimum absolute atomic E-state index is 0.0330. The van der Waals surface area contributed by atoms with Crippen LogP contribution in [-0.2, 0) is 16.0 Å². The standard InChI is InChI=1S/C16H23NO3/c1-12(2)20-15-5-3-4-13(10-15)6-8-17-16(18)14-7-9-19-11-14/h3-5,10,12,14H,6-9,11H2,1-2H3,(H,17,18)/t14-/m1/s1. The van der Waals surface area contributed by atoms with E-state index in [1.807, 2.05) is 32.0 Å². The first kappa shape index (κ1) is 14.9. The van der Waals surface area contributed by atoms with Crippen LogP contribution in [0.2, 0.25) is 0 Å². The summed E-state index contributed by atoms with van der Waals surface area (Å²) in [5.74, 6) is 1.02. The van der Waals surface area contributed by atoms with Gasteiger partial charge in [-0.3, -0.25) is 4.79 Å². The van der Waals surface area contributed by atoms with Crippen LogP contribution in [0.4, 0.5) is 0 Å². The zero-order chi connectivity index (χ0) is 14.4. The number of nitrogens with one attached hydrogen (secondary N) is 1. The lowest BCUT2D eigenvalue weighted by molar-refractivity contribution is -0.124. The highest BCUT2D eigenvalue weighted by molar-refractivity contribution is 5.78. The predicted octanol–water partition coefficient (Wildman–Crippen LogP) is 2.17. The number of benzene rings is 1. The summed E-state index contributed by atoms with van der Waals surface area (Å²) < 4.78 is 10.9. The van der Waals surface area contributed by atoms with Gasteiger partial charge in [0.25, 0.3) is 0 Å². The van der Waals surface area contributed by atoms with Crippen LogP contribution < -0.4 is 10.1 Å². The third-order valence-electron chi connectivity index (χ3n) is 3.28. The maximum absolute atomic E-state index is 11.8. The van der Waals surface area contributed by atoms with Crippen molar-refractivity contribution < 1.29 is 14.3 Å². The Kier molecular flexibility index (Phi) is 5.41. The van der Waals surface area contributed by atoms with E-state index in [0.717, 1.165) is 18.6 Å². The van der Waals surface area contributed by atoms with Crippen LogP contribution in [-0.4, -0.2) is 31.8 Å². The van der Waals surface area contributed by atoms with Crippen LogP contribution in [0, 0.1) is 5.92 Å². The van der Waals surface area contributed by atoms with E-state index in [1.54, 1.807) is 0 Å². The smallest absolute Gasteiger partial charge is 0.225 e. The molecule has 2 rings (SSSR count). The SMILES string of the molecule is CC(C)Oc1cccc(CCNC(=O)[C@@H]2CCOC2)c1. The van der Waals surface area contributed by atoms with Gasteiger partial charge in [-0.2, -0.15) is 0 Å². The fraction of sp³-hybridized carbons (Fsp3) is 0.562. The van der Waals surface area contributed by atoms with Crippen molar-refractivity contribution in [3.8, 4) is 5.75 Å². The summed E-state index contributed by atoms with van der Waals surface area (Å²) in [7, 11) is 0. The molecule has 1 aromatic rings. The van der Waals surface area contributed by atoms with Gasteiger partial charge in [0.1, 0.15) is 5.75 Å². The zero-order valence-electron chi connectivity index (χ0n) is 12.2. The monoisotopic (exact) mass is 277 g/mol. The van der Waals surface area contributed by atoms with Crippen molar-refractivity contribution in [2.45, 2.75) is 32.8 Å². The van der Waals surface area contributed by atoms with Crippen molar-refractivity contribution in [3.05, 3.63) is 29.8 Å². The van der Waals surface area contributed by atoms with E-state index < -0.39 is 0 Å². The molecule has 0 spiro atoms. The Bertz CT molecular complexity index is 439. The first-order chi connectivity index (χ1) is 9.65. The van der Waals surface area contributed by atoms with Gasteiger partial charge in [0.2, 0.25) is 5.91 Å². The molecule has 20 heavy (non-hydrogen) atoms. The molecule has 1 aliphatic rings. The fourth-order valence-electron chi connectivity index (χ4n) is 2.26. The minimum Gasteiger partial charge on any atom is -0.491 e. The van der Waals surface area contributed by atoms with E-state index in [9.17, 15) is 4.79 Å². The number of hydrogen-bond acceptors (Lipinski definition) is 3. The molecule has 0 bridgehead atoms. The summed E-state index contributed by atoms with van der Waals surface area (Å²) in [6.07, 6.45) is 1.82. The van der Waals surface area contributed by atoms with Gasteiger partial charge in [-0.15, -0.1) is 0 Å². The minimum atomic E-state index is 0.0330. The normalized spacial score (nSPS) is 18.2. The maximum Gasteiger partial charge on any atom is 0.225 e. The Morgan fingerprint density at radius 2 is 2.35 bits per heavy atom. The second-order valence-corrected chi connectivity index (χ2v) is 5.42. The van der Waals surface area contributed by atoms with Crippen molar-refractivity contribution in [1.82, 2.24) is 5.32 Å². The summed E-state index contributed by atoms with van der Waals surface area (Å²) in [6, 6.07) is 8.03. The van der Waals surface area contributed by atoms with Crippen LogP contribution in [0.3, 0.4) is 0 Å². The lowest BCUT2D eigenvalue weighted by Crippen LogP contribution is -2.32. The van der Waals surface area contributed by atoms with Crippen LogP contribution in [0.5, 0.6) is 5.75 Å². The highest BCUT2D eigenvalue weighted by Crippen LogP contribution is 2.15. The van der Waals surface area contributed by atoms with Gasteiger partial charge in [0, 0.05) is 13.2 Å². The molecular formula is C16H23NO3. The molecule has 1 amide bonds. The van der Waals surface area contributed by atoms with Gasteiger partial charge >= 0.3 is 0 Å². The zero-order valence-corrected chi connectivity index (χ0v) is 12.2. The Morgan fingerprint density at radius 3 is 3.05 bits per heavy atom. The Balaban J connectivity index is 1.77. The third-order valence-corrected chi connectivity index (χ3v) is 3.28. The molecular weight excluding hydrogens is 254 g/mol. The van der Waals surface area contributed by atoms with Gasteiger partial charge < -0.3 is 14.8 Å². The van der Waals surface area contributed by atoms with Crippen molar-refractivity contribution in [3.63, 3.8) is 0 Å². The summed E-state index contributed by atoms with van der Waals surface area (Å²) >= 11 is 0. The molecule has 1 aliphatic heterocycles. The van der Waals surface area contributed by atoms with E-state index in [4.69, 9.17) is 9.47 Å². The molecule has 110 valence electrons. The fourth-order valence-corrected chi connectivity index (χ4v) is 2.26. The summed E-state index contributed by atoms with van der Waals surface area (Å²) in [6.45, 7) is 5.93. The Hall–Kier alpha value is -1.55. The molecule has 0 aromatic heterocycles. The first-order valence-corrected chi connectivity index (χ1v) is 7.26. The highest BCUT2D eigenvalue weighted by Gasteiger charge is 2.22. The number of amides is 1. The Morgan fingerprint density at radius 1 is 1.50 bits per heavy atom. The molecule has 4 nitrogen and oxygen atoms in total. The lowest BCUT2D eigenvalue weighted by Gasteiger charge is -2.12. The second kappa shape index (κ2) is 7.29. The van der Waals surface area contributed by atoms with E-state index in [0.29, 0.717) is 19.8 Å². The van der Waals surface area contributed by atoms with Crippen LogP contribution >= 0.6 is 0 Å². The maximum atomic E-state index is 11.8. The molecule has 0 aliphatic carbocycles. The van der Waals surface area contributed by atoms with Gasteiger partial charge in [-0.1, -0.05) is 12.1 Å². The van der Waals surface area contributed by atoms with E-state index >= 15 is 0 Å². The first-order valence-electron chi connectivity index (χ1n) is 7.26. The molecule has 1 atom stereocenters. The van der Waals surface area contributed by atoms with Gasteiger partial charge in [-0.05, 0) is 44.4 Å². The average Bonchev–Trinajstić information content (AvgIpc) is 2.92. The van der Waals surface area contributed by atoms with Crippen molar-refractivity contribution in [2.75, 3.05) is 19.8 Å². The summed E-state index contributed by atoms with van der Waals surface area (Å²) in [4.78, 5) is 11.8. The summed E-state index contributed by atoms with van der Waals surface area (Å²) in [5.41, 5.74) is 1.17. The summed E-state index contributed by atoms with van der Waals surface area (Å²) in [5, 5.41) is 2.97. The van der Waals surface area contributed by atoms with Crippen molar-refractivity contribution in [2.24, 2.45) is 5.92 Å². The van der Waals surface area contributed by atoms with E-state index in [-0.39, 0.29) is 17.9 Å². The molecule has 1 N–H and O–H groups in total. The molecule has 1 saturated heterocycles. The number of carbonyl (C=O) groups is 1. The topological polar surface area (TPSA) is 47.6 Å². The number of hydrogen-bond donors (Lipinski definition) is 1. The predicted molar refractivity (Wildman–Crippen MR) is 77.8 cm³/mol. The molecule has 0 unspecified atom stereocenters. The van der Waals surface area contributed by atoms with E-state index in [2.05, 4.69) is 11.4 Å². The van der Waals surface area contributed by atoms with Gasteiger partial charge in [-0.25, -0.2) is 0 Å². The molecule has 0 radical (unpaired) electrons. The number of carbonyl (C=O) groups excluding carboxylic acids is 1. The molecule has 0 saturated carbocycles. The largest absolute Gasteiger partial charge is 0.491 e. The third kappa shape index (κ3) is 4.53. The highest BCUT2D eigenvalue weighted by atomic mass is 16.5. The Labute approximate surface area is 120 Å². The van der Waals surface area contributed by atoms with Gasteiger partial charge in [0.15, 0.2) is 0 Å². The average molecular weight is 277 g/mol. The van der Waals surface area contributed by atoms with Crippen molar-refractivity contribution in [1.29, 1.82) is 0 Å². The van der Waals surface area contributed by atoms with Crippen LogP contribution in [0.15, 0.2) is 24.3 Å². The van der Waals surface area contributed by atoms with Gasteiger partial charge in [0.05, 0.1) is 18.6 Å². The lowest BCUT2D eigenvalue weighted by atomic mass is 10.1. The van der Waals surface area contributed by atoms with Crippen molar-refractivity contribution >= 4 is 5.91 Å². The van der Waals surface area contributed by atoms with Crippen LogP contribution in [0.1, 0.15) is 25.8 Å². The van der Waals surface area contributed by atoms with E-state index in [1.165, 1.54) is 5.56 Å². The molecule has 4 heteroatoms. The van der Waals surface area contributed by atoms with Crippen LogP contribution in [0.25, 0.3) is 0 Å².